The molecule has 6 aromatic rings. The Morgan fingerprint density at radius 1 is 0.611 bits per heavy atom. The van der Waals surface area contributed by atoms with Crippen LogP contribution >= 0.6 is 11.6 Å². The predicted molar refractivity (Wildman–Crippen MR) is 145 cm³/mol. The molecule has 0 bridgehead atoms. The van der Waals surface area contributed by atoms with E-state index in [4.69, 9.17) is 21.6 Å². The number of hydrogen-bond donors (Lipinski definition) is 0. The second-order valence-electron chi connectivity index (χ2n) is 8.98. The molecule has 7 rings (SSSR count). The molecule has 2 heterocycles. The highest BCUT2D eigenvalue weighted by atomic mass is 35.5. The quantitative estimate of drug-likeness (QED) is 0.259. The Bertz CT molecular complexity index is 1750. The second kappa shape index (κ2) is 8.11. The van der Waals surface area contributed by atoms with Crippen LogP contribution < -0.4 is 0 Å². The van der Waals surface area contributed by atoms with Crippen molar-refractivity contribution in [2.24, 2.45) is 0 Å². The molecule has 1 aliphatic carbocycles. The number of nitrogens with zero attached hydrogens (tertiary/aromatic N) is 3. The van der Waals surface area contributed by atoms with Gasteiger partial charge in [-0.25, -0.2) is 9.97 Å². The summed E-state index contributed by atoms with van der Waals surface area (Å²) >= 11 is 6.64. The third-order valence-corrected chi connectivity index (χ3v) is 7.29. The zero-order chi connectivity index (χ0) is 24.1. The maximum atomic E-state index is 6.64. The van der Waals surface area contributed by atoms with Gasteiger partial charge in [-0.3, -0.25) is 4.98 Å². The van der Waals surface area contributed by atoms with Crippen LogP contribution in [0.3, 0.4) is 0 Å². The average Bonchev–Trinajstić information content (AvgIpc) is 3.23. The Kier molecular flexibility index (Phi) is 4.73. The topological polar surface area (TPSA) is 38.7 Å². The number of fused-ring (bicyclic) bond motifs is 4. The van der Waals surface area contributed by atoms with Crippen molar-refractivity contribution in [1.29, 1.82) is 0 Å². The van der Waals surface area contributed by atoms with Gasteiger partial charge in [-0.05, 0) is 52.1 Å². The van der Waals surface area contributed by atoms with E-state index in [1.165, 1.54) is 5.56 Å². The summed E-state index contributed by atoms with van der Waals surface area (Å²) in [6, 6.07) is 39.3. The molecule has 0 spiro atoms. The Morgan fingerprint density at radius 3 is 2.17 bits per heavy atom. The number of halogens is 1. The number of aromatic nitrogens is 3. The van der Waals surface area contributed by atoms with Crippen LogP contribution in [0.2, 0.25) is 5.02 Å². The summed E-state index contributed by atoms with van der Waals surface area (Å²) < 4.78 is 0. The van der Waals surface area contributed by atoms with Crippen molar-refractivity contribution in [3.63, 3.8) is 0 Å². The number of benzene rings is 4. The van der Waals surface area contributed by atoms with Crippen LogP contribution in [-0.4, -0.2) is 15.0 Å². The molecule has 0 saturated carbocycles. The lowest BCUT2D eigenvalue weighted by Crippen LogP contribution is -2.31. The van der Waals surface area contributed by atoms with Gasteiger partial charge in [0, 0.05) is 16.8 Å². The SMILES string of the molecule is Clc1ccc2c(c1)C(c1ccccc1)(c1nc(-c3ccccc3)c3ncccc3n1)c1ccccc1-2. The Labute approximate surface area is 214 Å². The van der Waals surface area contributed by atoms with Crippen LogP contribution in [0.15, 0.2) is 121 Å². The van der Waals surface area contributed by atoms with Crippen molar-refractivity contribution in [2.45, 2.75) is 5.41 Å². The van der Waals surface area contributed by atoms with Crippen molar-refractivity contribution in [2.75, 3.05) is 0 Å². The molecule has 0 fully saturated rings. The highest BCUT2D eigenvalue weighted by Crippen LogP contribution is 2.56. The zero-order valence-electron chi connectivity index (χ0n) is 19.3. The molecule has 0 amide bonds. The minimum absolute atomic E-state index is 0.688. The molecule has 3 nitrogen and oxygen atoms in total. The summed E-state index contributed by atoms with van der Waals surface area (Å²) in [7, 11) is 0. The van der Waals surface area contributed by atoms with Crippen LogP contribution in [0, 0.1) is 0 Å². The van der Waals surface area contributed by atoms with Gasteiger partial charge in [0.15, 0.2) is 0 Å². The van der Waals surface area contributed by atoms with Crippen LogP contribution in [0.5, 0.6) is 0 Å². The Morgan fingerprint density at radius 2 is 1.33 bits per heavy atom. The van der Waals surface area contributed by atoms with Gasteiger partial charge in [-0.15, -0.1) is 0 Å². The van der Waals surface area contributed by atoms with E-state index in [0.29, 0.717) is 10.8 Å². The fraction of sp³-hybridized carbons (Fsp3) is 0.0312. The normalized spacial score (nSPS) is 16.0. The van der Waals surface area contributed by atoms with Crippen LogP contribution in [0.1, 0.15) is 22.5 Å². The van der Waals surface area contributed by atoms with Gasteiger partial charge in [-0.2, -0.15) is 0 Å². The van der Waals surface area contributed by atoms with E-state index in [-0.39, 0.29) is 0 Å². The molecule has 0 radical (unpaired) electrons. The molecule has 1 atom stereocenters. The first kappa shape index (κ1) is 21.0. The van der Waals surface area contributed by atoms with Gasteiger partial charge in [0.25, 0.3) is 0 Å². The van der Waals surface area contributed by atoms with Gasteiger partial charge in [0.2, 0.25) is 0 Å². The van der Waals surface area contributed by atoms with Crippen molar-refractivity contribution >= 4 is 22.6 Å². The molecule has 0 aliphatic heterocycles. The van der Waals surface area contributed by atoms with E-state index in [1.807, 2.05) is 42.5 Å². The molecule has 1 aliphatic rings. The monoisotopic (exact) mass is 481 g/mol. The van der Waals surface area contributed by atoms with E-state index in [2.05, 4.69) is 77.8 Å². The molecule has 4 heteroatoms. The summed E-state index contributed by atoms with van der Waals surface area (Å²) in [5, 5.41) is 0.688. The maximum Gasteiger partial charge on any atom is 0.149 e. The molecule has 1 unspecified atom stereocenters. The van der Waals surface area contributed by atoms with Gasteiger partial charge in [0.1, 0.15) is 22.5 Å². The van der Waals surface area contributed by atoms with Crippen molar-refractivity contribution in [3.8, 4) is 22.4 Å². The van der Waals surface area contributed by atoms with Gasteiger partial charge in [0.05, 0.1) is 5.52 Å². The molecular weight excluding hydrogens is 462 g/mol. The van der Waals surface area contributed by atoms with Gasteiger partial charge < -0.3 is 0 Å². The predicted octanol–water partition coefficient (Wildman–Crippen LogP) is 7.71. The standard InChI is InChI=1S/C32H20ClN3/c33-23-17-18-25-24-14-7-8-15-26(24)32(27(25)20-23,22-12-5-2-6-13-22)31-35-28-16-9-19-34-30(28)29(36-31)21-10-3-1-4-11-21/h1-20H. The van der Waals surface area contributed by atoms with E-state index >= 15 is 0 Å². The zero-order valence-corrected chi connectivity index (χ0v) is 20.0. The lowest BCUT2D eigenvalue weighted by molar-refractivity contribution is 0.704. The minimum Gasteiger partial charge on any atom is -0.252 e. The second-order valence-corrected chi connectivity index (χ2v) is 9.42. The third kappa shape index (κ3) is 2.96. The molecule has 0 N–H and O–H groups in total. The number of hydrogen-bond acceptors (Lipinski definition) is 3. The molecule has 170 valence electrons. The fourth-order valence-electron chi connectivity index (χ4n) is 5.55. The largest absolute Gasteiger partial charge is 0.252 e. The number of pyridine rings is 1. The van der Waals surface area contributed by atoms with Crippen LogP contribution in [0.4, 0.5) is 0 Å². The molecule has 0 saturated heterocycles. The van der Waals surface area contributed by atoms with Gasteiger partial charge >= 0.3 is 0 Å². The molecule has 36 heavy (non-hydrogen) atoms. The lowest BCUT2D eigenvalue weighted by Gasteiger charge is -2.32. The molecule has 2 aromatic heterocycles. The first-order chi connectivity index (χ1) is 17.8. The summed E-state index contributed by atoms with van der Waals surface area (Å²) in [5.41, 5.74) is 8.34. The van der Waals surface area contributed by atoms with Gasteiger partial charge in [-0.1, -0.05) is 103 Å². The third-order valence-electron chi connectivity index (χ3n) is 7.05. The Hall–Kier alpha value is -4.34. The minimum atomic E-state index is -0.731. The van der Waals surface area contributed by atoms with Crippen molar-refractivity contribution < 1.29 is 0 Å². The van der Waals surface area contributed by atoms with Crippen LogP contribution in [-0.2, 0) is 5.41 Å². The molecule has 4 aromatic carbocycles. The first-order valence-electron chi connectivity index (χ1n) is 11.9. The van der Waals surface area contributed by atoms with E-state index < -0.39 is 5.41 Å². The fourth-order valence-corrected chi connectivity index (χ4v) is 5.73. The van der Waals surface area contributed by atoms with Crippen molar-refractivity contribution in [3.05, 3.63) is 149 Å². The molecular formula is C32H20ClN3. The van der Waals surface area contributed by atoms with E-state index in [0.717, 1.165) is 44.5 Å². The Balaban J connectivity index is 1.67. The summed E-state index contributed by atoms with van der Waals surface area (Å²) in [4.78, 5) is 15.2. The lowest BCUT2D eigenvalue weighted by atomic mass is 9.71. The van der Waals surface area contributed by atoms with Crippen molar-refractivity contribution in [1.82, 2.24) is 15.0 Å². The first-order valence-corrected chi connectivity index (χ1v) is 12.3. The van der Waals surface area contributed by atoms with E-state index in [1.54, 1.807) is 6.20 Å². The summed E-state index contributed by atoms with van der Waals surface area (Å²) in [6.45, 7) is 0. The maximum absolute atomic E-state index is 6.64. The number of rotatable bonds is 3. The summed E-state index contributed by atoms with van der Waals surface area (Å²) in [6.07, 6.45) is 1.80. The summed E-state index contributed by atoms with van der Waals surface area (Å²) in [5.74, 6) is 0.710. The van der Waals surface area contributed by atoms with E-state index in [9.17, 15) is 0 Å². The average molecular weight is 482 g/mol. The highest BCUT2D eigenvalue weighted by molar-refractivity contribution is 6.30. The van der Waals surface area contributed by atoms with Crippen LogP contribution in [0.25, 0.3) is 33.4 Å². The highest BCUT2D eigenvalue weighted by Gasteiger charge is 2.48. The smallest absolute Gasteiger partial charge is 0.149 e.